The van der Waals surface area contributed by atoms with Crippen LogP contribution in [0.2, 0.25) is 10.0 Å². The second-order valence-electron chi connectivity index (χ2n) is 5.87. The summed E-state index contributed by atoms with van der Waals surface area (Å²) in [6, 6.07) is 4.98. The van der Waals surface area contributed by atoms with Crippen molar-refractivity contribution in [2.75, 3.05) is 6.61 Å². The van der Waals surface area contributed by atoms with Crippen molar-refractivity contribution in [2.24, 2.45) is 0 Å². The van der Waals surface area contributed by atoms with E-state index in [4.69, 9.17) is 23.2 Å². The lowest BCUT2D eigenvalue weighted by molar-refractivity contribution is -0.140. The Hall–Kier alpha value is -1.92. The molecule has 1 atom stereocenters. The Labute approximate surface area is 159 Å². The predicted octanol–water partition coefficient (Wildman–Crippen LogP) is 4.77. The fraction of sp³-hybridized carbons (Fsp3) is 0.333. The van der Waals surface area contributed by atoms with E-state index in [9.17, 15) is 13.6 Å². The maximum atomic E-state index is 14.6. The summed E-state index contributed by atoms with van der Waals surface area (Å²) >= 11 is 12.1. The molecule has 0 radical (unpaired) electrons. The molecular weight excluding hydrogens is 385 g/mol. The average Bonchev–Trinajstić information content (AvgIpc) is 3.00. The summed E-state index contributed by atoms with van der Waals surface area (Å²) in [7, 11) is 0. The zero-order valence-electron chi connectivity index (χ0n) is 13.9. The van der Waals surface area contributed by atoms with Crippen molar-refractivity contribution in [1.82, 2.24) is 9.78 Å². The number of carbonyl (C=O) groups is 1. The number of rotatable bonds is 4. The Bertz CT molecular complexity index is 880. The lowest BCUT2D eigenvalue weighted by Gasteiger charge is -2.22. The van der Waals surface area contributed by atoms with Crippen molar-refractivity contribution < 1.29 is 18.3 Å². The minimum atomic E-state index is -1.61. The highest BCUT2D eigenvalue weighted by Crippen LogP contribution is 2.36. The first-order valence-electron chi connectivity index (χ1n) is 8.12. The van der Waals surface area contributed by atoms with Crippen LogP contribution in [0.1, 0.15) is 30.2 Å². The van der Waals surface area contributed by atoms with Crippen LogP contribution < -0.4 is 0 Å². The van der Waals surface area contributed by atoms with Gasteiger partial charge < -0.3 is 4.74 Å². The molecule has 0 saturated heterocycles. The molecule has 1 aromatic carbocycles. The normalized spacial score (nSPS) is 18.4. The number of allylic oxidation sites excluding steroid dienone is 1. The molecule has 0 fully saturated rings. The molecule has 1 aliphatic rings. The molecule has 3 rings (SSSR count). The maximum Gasteiger partial charge on any atom is 0.367 e. The van der Waals surface area contributed by atoms with Gasteiger partial charge in [-0.05, 0) is 43.0 Å². The van der Waals surface area contributed by atoms with E-state index in [2.05, 4.69) is 9.84 Å². The number of aryl methyl sites for hydroxylation is 1. The molecule has 26 heavy (non-hydrogen) atoms. The van der Waals surface area contributed by atoms with Crippen LogP contribution in [0.3, 0.4) is 0 Å². The van der Waals surface area contributed by atoms with Gasteiger partial charge in [0.15, 0.2) is 0 Å². The standard InChI is InChI=1S/C18H16Cl2F2N2O2/c1-2-26-18(25)16(22)15-14(21)6-4-10-8-23-24(17(10)15)9-11-3-5-12(19)7-13(11)20/h3,5,7-8,14H,2,4,6,9H2,1H3/b16-15-. The molecule has 2 aromatic rings. The molecule has 8 heteroatoms. The van der Waals surface area contributed by atoms with Crippen LogP contribution in [0, 0.1) is 0 Å². The van der Waals surface area contributed by atoms with Gasteiger partial charge in [-0.25, -0.2) is 9.18 Å². The van der Waals surface area contributed by atoms with Gasteiger partial charge in [-0.15, -0.1) is 0 Å². The van der Waals surface area contributed by atoms with Crippen LogP contribution in [0.25, 0.3) is 5.57 Å². The Morgan fingerprint density at radius 2 is 2.19 bits per heavy atom. The number of ether oxygens (including phenoxy) is 1. The molecule has 138 valence electrons. The first-order chi connectivity index (χ1) is 12.4. The van der Waals surface area contributed by atoms with Gasteiger partial charge in [0.25, 0.3) is 0 Å². The van der Waals surface area contributed by atoms with Gasteiger partial charge in [-0.1, -0.05) is 29.3 Å². The molecule has 0 aliphatic heterocycles. The number of alkyl halides is 1. The van der Waals surface area contributed by atoms with Crippen molar-refractivity contribution in [2.45, 2.75) is 32.5 Å². The van der Waals surface area contributed by atoms with Crippen LogP contribution >= 0.6 is 23.2 Å². The first-order valence-corrected chi connectivity index (χ1v) is 8.87. The minimum absolute atomic E-state index is 0.00296. The van der Waals surface area contributed by atoms with E-state index >= 15 is 0 Å². The summed E-state index contributed by atoms with van der Waals surface area (Å²) in [6.07, 6.45) is 0.444. The van der Waals surface area contributed by atoms with Crippen molar-refractivity contribution in [3.8, 4) is 0 Å². The molecule has 0 bridgehead atoms. The van der Waals surface area contributed by atoms with Crippen LogP contribution in [0.5, 0.6) is 0 Å². The van der Waals surface area contributed by atoms with Crippen LogP contribution in [0.4, 0.5) is 8.78 Å². The molecule has 1 aliphatic carbocycles. The number of hydrogen-bond acceptors (Lipinski definition) is 3. The number of carbonyl (C=O) groups excluding carboxylic acids is 1. The first kappa shape index (κ1) is 18.9. The van der Waals surface area contributed by atoms with E-state index in [1.54, 1.807) is 31.3 Å². The molecule has 0 spiro atoms. The van der Waals surface area contributed by atoms with Crippen LogP contribution in [-0.4, -0.2) is 28.5 Å². The van der Waals surface area contributed by atoms with Gasteiger partial charge in [0.1, 0.15) is 6.17 Å². The number of aromatic nitrogens is 2. The third-order valence-corrected chi connectivity index (χ3v) is 4.76. The molecule has 1 heterocycles. The average molecular weight is 401 g/mol. The van der Waals surface area contributed by atoms with E-state index < -0.39 is 18.0 Å². The van der Waals surface area contributed by atoms with Gasteiger partial charge in [0.05, 0.1) is 30.6 Å². The second-order valence-corrected chi connectivity index (χ2v) is 6.71. The van der Waals surface area contributed by atoms with Gasteiger partial charge in [-0.3, -0.25) is 4.68 Å². The molecular formula is C18H16Cl2F2N2O2. The van der Waals surface area contributed by atoms with Gasteiger partial charge in [0, 0.05) is 10.0 Å². The van der Waals surface area contributed by atoms with E-state index in [0.29, 0.717) is 27.6 Å². The number of esters is 1. The highest BCUT2D eigenvalue weighted by molar-refractivity contribution is 6.35. The second kappa shape index (κ2) is 7.76. The van der Waals surface area contributed by atoms with Crippen molar-refractivity contribution in [3.05, 3.63) is 57.1 Å². The topological polar surface area (TPSA) is 44.1 Å². The fourth-order valence-electron chi connectivity index (χ4n) is 2.97. The smallest absolute Gasteiger partial charge is 0.367 e. The van der Waals surface area contributed by atoms with Gasteiger partial charge >= 0.3 is 5.97 Å². The zero-order chi connectivity index (χ0) is 18.8. The number of benzene rings is 1. The molecule has 1 aromatic heterocycles. The molecule has 0 saturated carbocycles. The lowest BCUT2D eigenvalue weighted by Crippen LogP contribution is -2.21. The van der Waals surface area contributed by atoms with Crippen molar-refractivity contribution in [3.63, 3.8) is 0 Å². The maximum absolute atomic E-state index is 14.6. The summed E-state index contributed by atoms with van der Waals surface area (Å²) in [5, 5.41) is 5.14. The number of nitrogens with zero attached hydrogens (tertiary/aromatic N) is 2. The highest BCUT2D eigenvalue weighted by atomic mass is 35.5. The molecule has 4 nitrogen and oxygen atoms in total. The Morgan fingerprint density at radius 3 is 2.88 bits per heavy atom. The number of halogens is 4. The molecule has 1 unspecified atom stereocenters. The number of hydrogen-bond donors (Lipinski definition) is 0. The van der Waals surface area contributed by atoms with Crippen molar-refractivity contribution >= 4 is 34.7 Å². The van der Waals surface area contributed by atoms with E-state index in [0.717, 1.165) is 0 Å². The fourth-order valence-corrected chi connectivity index (χ4v) is 3.44. The van der Waals surface area contributed by atoms with Gasteiger partial charge in [-0.2, -0.15) is 9.49 Å². The lowest BCUT2D eigenvalue weighted by atomic mass is 9.90. The Kier molecular flexibility index (Phi) is 5.63. The number of fused-ring (bicyclic) bond motifs is 1. The Morgan fingerprint density at radius 1 is 1.42 bits per heavy atom. The summed E-state index contributed by atoms with van der Waals surface area (Å²) in [6.45, 7) is 1.75. The third kappa shape index (κ3) is 3.62. The highest BCUT2D eigenvalue weighted by Gasteiger charge is 2.33. The largest absolute Gasteiger partial charge is 0.461 e. The van der Waals surface area contributed by atoms with Crippen LogP contribution in [0.15, 0.2) is 30.2 Å². The molecule has 0 N–H and O–H groups in total. The van der Waals surface area contributed by atoms with E-state index in [1.165, 1.54) is 4.68 Å². The minimum Gasteiger partial charge on any atom is -0.461 e. The van der Waals surface area contributed by atoms with E-state index in [1.807, 2.05) is 0 Å². The Balaban J connectivity index is 2.05. The predicted molar refractivity (Wildman–Crippen MR) is 95.7 cm³/mol. The van der Waals surface area contributed by atoms with Crippen LogP contribution in [-0.2, 0) is 22.5 Å². The summed E-state index contributed by atoms with van der Waals surface area (Å²) < 4.78 is 35.3. The summed E-state index contributed by atoms with van der Waals surface area (Å²) in [4.78, 5) is 11.8. The van der Waals surface area contributed by atoms with E-state index in [-0.39, 0.29) is 30.8 Å². The monoisotopic (exact) mass is 400 g/mol. The summed E-state index contributed by atoms with van der Waals surface area (Å²) in [5.74, 6) is -2.39. The SMILES string of the molecule is CCOC(=O)/C(F)=C1/c2c(cnn2Cc2ccc(Cl)cc2Cl)CCC1F. The summed E-state index contributed by atoms with van der Waals surface area (Å²) in [5.41, 5.74) is 1.32. The van der Waals surface area contributed by atoms with Crippen molar-refractivity contribution in [1.29, 1.82) is 0 Å². The third-order valence-electron chi connectivity index (χ3n) is 4.18. The zero-order valence-corrected chi connectivity index (χ0v) is 15.4. The molecule has 0 amide bonds. The van der Waals surface area contributed by atoms with Gasteiger partial charge in [0.2, 0.25) is 5.83 Å². The quantitative estimate of drug-likeness (QED) is 0.548.